The Morgan fingerprint density at radius 2 is 1.89 bits per heavy atom. The van der Waals surface area contributed by atoms with E-state index in [9.17, 15) is 4.39 Å². The number of hydrogen-bond donors (Lipinski definition) is 0. The lowest BCUT2D eigenvalue weighted by molar-refractivity contribution is 0.312. The zero-order valence-electron chi connectivity index (χ0n) is 11.7. The van der Waals surface area contributed by atoms with Crippen molar-refractivity contribution in [2.75, 3.05) is 7.18 Å². The van der Waals surface area contributed by atoms with E-state index >= 15 is 0 Å². The van der Waals surface area contributed by atoms with Crippen LogP contribution in [-0.4, -0.2) is 12.2 Å². The molecule has 0 spiro atoms. The lowest BCUT2D eigenvalue weighted by Gasteiger charge is -2.26. The Bertz CT molecular complexity index is 347. The number of hydrogen-bond acceptors (Lipinski definition) is 1. The first kappa shape index (κ1) is 14.9. The van der Waals surface area contributed by atoms with Gasteiger partial charge in [0.1, 0.15) is 0 Å². The van der Waals surface area contributed by atoms with Crippen molar-refractivity contribution < 1.29 is 4.39 Å². The van der Waals surface area contributed by atoms with Gasteiger partial charge in [0.15, 0.2) is 0 Å². The second-order valence-electron chi connectivity index (χ2n) is 5.14. The van der Waals surface area contributed by atoms with Crippen molar-refractivity contribution in [2.45, 2.75) is 39.5 Å². The van der Waals surface area contributed by atoms with E-state index in [1.807, 2.05) is 12.3 Å². The van der Waals surface area contributed by atoms with Crippen LogP contribution in [0, 0.1) is 11.8 Å². The summed E-state index contributed by atoms with van der Waals surface area (Å²) in [6.07, 6.45) is 9.38. The minimum atomic E-state index is 0.500. The first-order valence-corrected chi connectivity index (χ1v) is 6.74. The molecule has 1 heterocycles. The van der Waals surface area contributed by atoms with Gasteiger partial charge in [-0.25, -0.2) is 0 Å². The van der Waals surface area contributed by atoms with Gasteiger partial charge in [0.05, 0.1) is 12.9 Å². The maximum Gasteiger partial charge on any atom is 0.0785 e. The van der Waals surface area contributed by atoms with E-state index in [0.717, 1.165) is 17.5 Å². The Morgan fingerprint density at radius 3 is 2.39 bits per heavy atom. The lowest BCUT2D eigenvalue weighted by atomic mass is 9.79. The van der Waals surface area contributed by atoms with Gasteiger partial charge in [-0.05, 0) is 55.7 Å². The molecule has 0 unspecified atom stereocenters. The summed E-state index contributed by atoms with van der Waals surface area (Å²) in [6.45, 7) is 4.69. The SMILES string of the molecule is CC(C)C1CCC(=Cc2ccccn2)CC1.CF. The molecule has 1 fully saturated rings. The number of rotatable bonds is 2. The maximum atomic E-state index is 9.50. The fraction of sp³-hybridized carbons (Fsp3) is 0.562. The molecule has 0 aliphatic heterocycles. The Labute approximate surface area is 110 Å². The average Bonchev–Trinajstić information content (AvgIpc) is 2.43. The number of alkyl halides is 1. The minimum absolute atomic E-state index is 0.500. The second-order valence-corrected chi connectivity index (χ2v) is 5.14. The van der Waals surface area contributed by atoms with Gasteiger partial charge in [-0.1, -0.05) is 25.5 Å². The lowest BCUT2D eigenvalue weighted by Crippen LogP contribution is -2.13. The number of aromatic nitrogens is 1. The normalized spacial score (nSPS) is 19.2. The first-order chi connectivity index (χ1) is 8.75. The molecule has 0 N–H and O–H groups in total. The third-order valence-electron chi connectivity index (χ3n) is 3.66. The first-order valence-electron chi connectivity index (χ1n) is 6.74. The van der Waals surface area contributed by atoms with Crippen LogP contribution in [-0.2, 0) is 0 Å². The molecule has 0 bridgehead atoms. The number of allylic oxidation sites excluding steroid dienone is 1. The zero-order chi connectivity index (χ0) is 13.4. The molecule has 1 nitrogen and oxygen atoms in total. The van der Waals surface area contributed by atoms with Crippen LogP contribution in [0.3, 0.4) is 0 Å². The van der Waals surface area contributed by atoms with Crippen molar-refractivity contribution in [3.63, 3.8) is 0 Å². The molecule has 0 radical (unpaired) electrons. The highest BCUT2D eigenvalue weighted by Crippen LogP contribution is 2.33. The summed E-state index contributed by atoms with van der Waals surface area (Å²) in [5, 5.41) is 0. The molecule has 1 aromatic heterocycles. The third-order valence-corrected chi connectivity index (χ3v) is 3.66. The molecule has 1 saturated carbocycles. The third kappa shape index (κ3) is 4.59. The van der Waals surface area contributed by atoms with Crippen LogP contribution in [0.4, 0.5) is 4.39 Å². The highest BCUT2D eigenvalue weighted by molar-refractivity contribution is 5.48. The summed E-state index contributed by atoms with van der Waals surface area (Å²) in [5.74, 6) is 1.78. The summed E-state index contributed by atoms with van der Waals surface area (Å²) in [7, 11) is 0.500. The topological polar surface area (TPSA) is 12.9 Å². The Kier molecular flexibility index (Phi) is 6.63. The molecule has 0 amide bonds. The van der Waals surface area contributed by atoms with Crippen LogP contribution in [0.2, 0.25) is 0 Å². The van der Waals surface area contributed by atoms with Crippen LogP contribution in [0.5, 0.6) is 0 Å². The summed E-state index contributed by atoms with van der Waals surface area (Å²) < 4.78 is 9.50. The summed E-state index contributed by atoms with van der Waals surface area (Å²) >= 11 is 0. The maximum absolute atomic E-state index is 9.50. The van der Waals surface area contributed by atoms with Gasteiger partial charge in [-0.15, -0.1) is 0 Å². The van der Waals surface area contributed by atoms with Crippen LogP contribution >= 0.6 is 0 Å². The summed E-state index contributed by atoms with van der Waals surface area (Å²) in [4.78, 5) is 4.35. The molecule has 0 saturated heterocycles. The molecule has 2 heteroatoms. The molecule has 2 rings (SSSR count). The molecule has 1 aliphatic rings. The predicted octanol–water partition coefficient (Wildman–Crippen LogP) is 4.90. The van der Waals surface area contributed by atoms with Gasteiger partial charge in [0, 0.05) is 6.20 Å². The van der Waals surface area contributed by atoms with Crippen molar-refractivity contribution in [2.24, 2.45) is 11.8 Å². The van der Waals surface area contributed by atoms with Crippen molar-refractivity contribution in [3.8, 4) is 0 Å². The summed E-state index contributed by atoms with van der Waals surface area (Å²) in [6, 6.07) is 6.11. The highest BCUT2D eigenvalue weighted by Gasteiger charge is 2.19. The molecule has 1 aliphatic carbocycles. The molecule has 1 aromatic rings. The van der Waals surface area contributed by atoms with Gasteiger partial charge < -0.3 is 0 Å². The second kappa shape index (κ2) is 8.02. The van der Waals surface area contributed by atoms with E-state index in [2.05, 4.69) is 37.0 Å². The standard InChI is InChI=1S/C15H21N.CH3F/c1-12(2)14-8-6-13(7-9-14)11-15-5-3-4-10-16-15;1-2/h3-5,10-12,14H,6-9H2,1-2H3;1H3. The van der Waals surface area contributed by atoms with Gasteiger partial charge in [0.2, 0.25) is 0 Å². The molecular weight excluding hydrogens is 225 g/mol. The monoisotopic (exact) mass is 249 g/mol. The van der Waals surface area contributed by atoms with Crippen LogP contribution in [0.1, 0.15) is 45.2 Å². The van der Waals surface area contributed by atoms with Crippen LogP contribution in [0.15, 0.2) is 30.0 Å². The van der Waals surface area contributed by atoms with E-state index in [1.165, 1.54) is 25.7 Å². The average molecular weight is 249 g/mol. The van der Waals surface area contributed by atoms with Crippen LogP contribution in [0.25, 0.3) is 6.08 Å². The van der Waals surface area contributed by atoms with E-state index in [4.69, 9.17) is 0 Å². The van der Waals surface area contributed by atoms with Crippen molar-refractivity contribution >= 4 is 6.08 Å². The van der Waals surface area contributed by atoms with Crippen LogP contribution < -0.4 is 0 Å². The minimum Gasteiger partial charge on any atom is -0.257 e. The van der Waals surface area contributed by atoms with Gasteiger partial charge in [-0.3, -0.25) is 9.37 Å². The molecule has 0 aromatic carbocycles. The van der Waals surface area contributed by atoms with Gasteiger partial charge >= 0.3 is 0 Å². The van der Waals surface area contributed by atoms with E-state index in [-0.39, 0.29) is 0 Å². The summed E-state index contributed by atoms with van der Waals surface area (Å²) in [5.41, 5.74) is 2.69. The predicted molar refractivity (Wildman–Crippen MR) is 76.0 cm³/mol. The Morgan fingerprint density at radius 1 is 1.22 bits per heavy atom. The Hall–Kier alpha value is -1.18. The van der Waals surface area contributed by atoms with E-state index in [1.54, 1.807) is 5.57 Å². The van der Waals surface area contributed by atoms with Crippen molar-refractivity contribution in [1.29, 1.82) is 0 Å². The largest absolute Gasteiger partial charge is 0.257 e. The van der Waals surface area contributed by atoms with Crippen molar-refractivity contribution in [1.82, 2.24) is 4.98 Å². The number of halogens is 1. The molecule has 0 atom stereocenters. The molecular formula is C16H24FN. The zero-order valence-corrected chi connectivity index (χ0v) is 11.7. The van der Waals surface area contributed by atoms with E-state index < -0.39 is 0 Å². The van der Waals surface area contributed by atoms with Gasteiger partial charge in [0.25, 0.3) is 0 Å². The highest BCUT2D eigenvalue weighted by atomic mass is 19.1. The molecule has 18 heavy (non-hydrogen) atoms. The quantitative estimate of drug-likeness (QED) is 0.726. The van der Waals surface area contributed by atoms with E-state index in [0.29, 0.717) is 7.18 Å². The van der Waals surface area contributed by atoms with Crippen molar-refractivity contribution in [3.05, 3.63) is 35.7 Å². The number of pyridine rings is 1. The van der Waals surface area contributed by atoms with Gasteiger partial charge in [-0.2, -0.15) is 0 Å². The Balaban J connectivity index is 0.000000771. The smallest absolute Gasteiger partial charge is 0.0785 e. The molecule has 100 valence electrons. The number of nitrogens with zero attached hydrogens (tertiary/aromatic N) is 1. The fourth-order valence-corrected chi connectivity index (χ4v) is 2.49. The fourth-order valence-electron chi connectivity index (χ4n) is 2.49.